The standard InChI is InChI=1S/C17H38N2/c1-7-11-12-13-19(16(5)6)15-17(8-2,9-3)14-18-10-4/h16,18H,7-15H2,1-6H3. The number of rotatable bonds is 12. The van der Waals surface area contributed by atoms with Gasteiger partial charge in [-0.05, 0) is 51.6 Å². The van der Waals surface area contributed by atoms with Gasteiger partial charge in [0, 0.05) is 19.1 Å². The lowest BCUT2D eigenvalue weighted by Crippen LogP contribution is -2.46. The van der Waals surface area contributed by atoms with E-state index in [1.54, 1.807) is 0 Å². The zero-order valence-corrected chi connectivity index (χ0v) is 14.4. The summed E-state index contributed by atoms with van der Waals surface area (Å²) in [6.07, 6.45) is 6.57. The van der Waals surface area contributed by atoms with Crippen molar-refractivity contribution >= 4 is 0 Å². The SMILES string of the molecule is CCCCCN(CC(CC)(CC)CNCC)C(C)C. The van der Waals surface area contributed by atoms with Crippen LogP contribution in [0.1, 0.15) is 73.6 Å². The van der Waals surface area contributed by atoms with Crippen LogP contribution < -0.4 is 5.32 Å². The van der Waals surface area contributed by atoms with Crippen molar-refractivity contribution < 1.29 is 0 Å². The molecule has 0 aromatic heterocycles. The molecule has 2 heteroatoms. The lowest BCUT2D eigenvalue weighted by Gasteiger charge is -2.39. The predicted molar refractivity (Wildman–Crippen MR) is 87.8 cm³/mol. The van der Waals surface area contributed by atoms with Crippen LogP contribution in [0, 0.1) is 5.41 Å². The highest BCUT2D eigenvalue weighted by molar-refractivity contribution is 4.84. The highest BCUT2D eigenvalue weighted by Crippen LogP contribution is 2.28. The van der Waals surface area contributed by atoms with Crippen LogP contribution in [0.2, 0.25) is 0 Å². The Morgan fingerprint density at radius 1 is 1.00 bits per heavy atom. The third-order valence-corrected chi connectivity index (χ3v) is 4.57. The van der Waals surface area contributed by atoms with Crippen molar-refractivity contribution in [3.05, 3.63) is 0 Å². The number of unbranched alkanes of at least 4 members (excludes halogenated alkanes) is 2. The molecule has 0 aliphatic carbocycles. The van der Waals surface area contributed by atoms with Crippen molar-refractivity contribution in [2.75, 3.05) is 26.2 Å². The van der Waals surface area contributed by atoms with Crippen molar-refractivity contribution in [1.82, 2.24) is 10.2 Å². The summed E-state index contributed by atoms with van der Waals surface area (Å²) in [5.74, 6) is 0. The van der Waals surface area contributed by atoms with Crippen molar-refractivity contribution in [3.8, 4) is 0 Å². The lowest BCUT2D eigenvalue weighted by molar-refractivity contribution is 0.108. The molecule has 0 aliphatic heterocycles. The van der Waals surface area contributed by atoms with Crippen LogP contribution in [0.4, 0.5) is 0 Å². The molecule has 1 N–H and O–H groups in total. The zero-order valence-electron chi connectivity index (χ0n) is 14.4. The summed E-state index contributed by atoms with van der Waals surface area (Å²) in [7, 11) is 0. The van der Waals surface area contributed by atoms with E-state index in [1.165, 1.54) is 45.2 Å². The molecule has 0 aliphatic rings. The average Bonchev–Trinajstić information content (AvgIpc) is 2.42. The Bertz CT molecular complexity index is 197. The smallest absolute Gasteiger partial charge is 0.00526 e. The molecule has 0 unspecified atom stereocenters. The fourth-order valence-electron chi connectivity index (χ4n) is 2.69. The normalized spacial score (nSPS) is 12.6. The molecule has 0 saturated heterocycles. The third-order valence-electron chi connectivity index (χ3n) is 4.57. The summed E-state index contributed by atoms with van der Waals surface area (Å²) in [4.78, 5) is 2.69. The maximum Gasteiger partial charge on any atom is 0.00526 e. The molecule has 0 heterocycles. The first-order valence-electron chi connectivity index (χ1n) is 8.50. The van der Waals surface area contributed by atoms with Crippen molar-refractivity contribution in [2.45, 2.75) is 79.7 Å². The second kappa shape index (κ2) is 10.7. The summed E-state index contributed by atoms with van der Waals surface area (Å²) < 4.78 is 0. The van der Waals surface area contributed by atoms with Gasteiger partial charge in [0.05, 0.1) is 0 Å². The fourth-order valence-corrected chi connectivity index (χ4v) is 2.69. The first kappa shape index (κ1) is 18.9. The Hall–Kier alpha value is -0.0800. The lowest BCUT2D eigenvalue weighted by atomic mass is 9.81. The topological polar surface area (TPSA) is 15.3 Å². The Balaban J connectivity index is 4.54. The van der Waals surface area contributed by atoms with Crippen molar-refractivity contribution in [2.24, 2.45) is 5.41 Å². The third kappa shape index (κ3) is 7.31. The van der Waals surface area contributed by atoms with Gasteiger partial charge in [0.15, 0.2) is 0 Å². The molecule has 0 aromatic rings. The molecule has 0 amide bonds. The molecule has 116 valence electrons. The maximum atomic E-state index is 3.58. The summed E-state index contributed by atoms with van der Waals surface area (Å²) in [6, 6.07) is 0.663. The second-order valence-corrected chi connectivity index (χ2v) is 6.26. The molecule has 0 fully saturated rings. The van der Waals surface area contributed by atoms with Gasteiger partial charge in [0.25, 0.3) is 0 Å². The average molecular weight is 271 g/mol. The Labute approximate surface area is 122 Å². The zero-order chi connectivity index (χ0) is 14.7. The van der Waals surface area contributed by atoms with E-state index in [9.17, 15) is 0 Å². The summed E-state index contributed by atoms with van der Waals surface area (Å²) in [5, 5.41) is 3.58. The number of hydrogen-bond donors (Lipinski definition) is 1. The molecule has 0 saturated carbocycles. The molecule has 0 rings (SSSR count). The fraction of sp³-hybridized carbons (Fsp3) is 1.00. The first-order valence-corrected chi connectivity index (χ1v) is 8.50. The summed E-state index contributed by atoms with van der Waals surface area (Å²) in [6.45, 7) is 18.6. The van der Waals surface area contributed by atoms with Gasteiger partial charge in [-0.2, -0.15) is 0 Å². The molecule has 0 radical (unpaired) electrons. The van der Waals surface area contributed by atoms with Crippen molar-refractivity contribution in [1.29, 1.82) is 0 Å². The molecule has 19 heavy (non-hydrogen) atoms. The predicted octanol–water partition coefficient (Wildman–Crippen LogP) is 4.30. The van der Waals surface area contributed by atoms with Crippen molar-refractivity contribution in [3.63, 3.8) is 0 Å². The monoisotopic (exact) mass is 270 g/mol. The van der Waals surface area contributed by atoms with E-state index >= 15 is 0 Å². The van der Waals surface area contributed by atoms with Gasteiger partial charge in [0.2, 0.25) is 0 Å². The van der Waals surface area contributed by atoms with Gasteiger partial charge in [-0.1, -0.05) is 40.5 Å². The Morgan fingerprint density at radius 2 is 1.63 bits per heavy atom. The largest absolute Gasteiger partial charge is 0.316 e. The van der Waals surface area contributed by atoms with Crippen LogP contribution in [0.5, 0.6) is 0 Å². The van der Waals surface area contributed by atoms with E-state index in [4.69, 9.17) is 0 Å². The van der Waals surface area contributed by atoms with Gasteiger partial charge in [-0.15, -0.1) is 0 Å². The van der Waals surface area contributed by atoms with Crippen LogP contribution in [0.15, 0.2) is 0 Å². The van der Waals surface area contributed by atoms with Gasteiger partial charge in [0.1, 0.15) is 0 Å². The van der Waals surface area contributed by atoms with E-state index in [2.05, 4.69) is 51.8 Å². The minimum absolute atomic E-state index is 0.451. The van der Waals surface area contributed by atoms with E-state index in [0.29, 0.717) is 11.5 Å². The second-order valence-electron chi connectivity index (χ2n) is 6.26. The summed E-state index contributed by atoms with van der Waals surface area (Å²) >= 11 is 0. The molecule has 2 nitrogen and oxygen atoms in total. The van der Waals surface area contributed by atoms with E-state index in [-0.39, 0.29) is 0 Å². The highest BCUT2D eigenvalue weighted by atomic mass is 15.2. The van der Waals surface area contributed by atoms with E-state index in [1.807, 2.05) is 0 Å². The van der Waals surface area contributed by atoms with Crippen LogP contribution >= 0.6 is 0 Å². The quantitative estimate of drug-likeness (QED) is 0.532. The number of nitrogens with one attached hydrogen (secondary N) is 1. The molecule has 0 bridgehead atoms. The maximum absolute atomic E-state index is 3.58. The highest BCUT2D eigenvalue weighted by Gasteiger charge is 2.29. The van der Waals surface area contributed by atoms with E-state index in [0.717, 1.165) is 13.1 Å². The number of hydrogen-bond acceptors (Lipinski definition) is 2. The Kier molecular flexibility index (Phi) is 10.6. The minimum Gasteiger partial charge on any atom is -0.316 e. The van der Waals surface area contributed by atoms with Crippen LogP contribution in [-0.2, 0) is 0 Å². The molecule has 0 atom stereocenters. The molecule has 0 spiro atoms. The molecule has 0 aromatic carbocycles. The van der Waals surface area contributed by atoms with Crippen LogP contribution in [-0.4, -0.2) is 37.1 Å². The Morgan fingerprint density at radius 3 is 2.05 bits per heavy atom. The molecular formula is C17H38N2. The van der Waals surface area contributed by atoms with Gasteiger partial charge in [-0.25, -0.2) is 0 Å². The first-order chi connectivity index (χ1) is 9.05. The van der Waals surface area contributed by atoms with E-state index < -0.39 is 0 Å². The van der Waals surface area contributed by atoms with Crippen LogP contribution in [0.25, 0.3) is 0 Å². The van der Waals surface area contributed by atoms with Gasteiger partial charge < -0.3 is 10.2 Å². The minimum atomic E-state index is 0.451. The van der Waals surface area contributed by atoms with Gasteiger partial charge in [-0.3, -0.25) is 0 Å². The van der Waals surface area contributed by atoms with Crippen LogP contribution in [0.3, 0.4) is 0 Å². The van der Waals surface area contributed by atoms with Gasteiger partial charge >= 0.3 is 0 Å². The summed E-state index contributed by atoms with van der Waals surface area (Å²) in [5.41, 5.74) is 0.451. The molecular weight excluding hydrogens is 232 g/mol. The number of nitrogens with zero attached hydrogens (tertiary/aromatic N) is 1.